The molecule has 0 aliphatic carbocycles. The minimum absolute atomic E-state index is 0.206. The lowest BCUT2D eigenvalue weighted by atomic mass is 9.96. The Bertz CT molecular complexity index is 919. The number of thiocarbonyl (C=S) groups is 3. The van der Waals surface area contributed by atoms with Gasteiger partial charge in [-0.2, -0.15) is 0 Å². The fourth-order valence-electron chi connectivity index (χ4n) is 2.68. The van der Waals surface area contributed by atoms with Crippen LogP contribution in [0.1, 0.15) is 12.0 Å². The van der Waals surface area contributed by atoms with E-state index in [1.54, 1.807) is 12.1 Å². The molecule has 0 aliphatic heterocycles. The van der Waals surface area contributed by atoms with Gasteiger partial charge >= 0.3 is 8.56 Å². The minimum atomic E-state index is -2.92. The SMILES string of the molecule is Oc1ccc(-c2ccc(Cl)cc2)c(CCC[Si](N=C=S)(N=C=S)N=C=S)c1. The largest absolute Gasteiger partial charge is 0.508 e. The number of hydrogen-bond acceptors (Lipinski definition) is 7. The summed E-state index contributed by atoms with van der Waals surface area (Å²) in [6.45, 7) is 0. The lowest BCUT2D eigenvalue weighted by molar-refractivity contribution is 0.474. The van der Waals surface area contributed by atoms with Crippen LogP contribution in [0.2, 0.25) is 11.1 Å². The first-order valence-corrected chi connectivity index (χ1v) is 11.5. The van der Waals surface area contributed by atoms with Crippen molar-refractivity contribution in [2.75, 3.05) is 0 Å². The van der Waals surface area contributed by atoms with Crippen molar-refractivity contribution in [2.24, 2.45) is 14.0 Å². The molecule has 0 bridgehead atoms. The highest BCUT2D eigenvalue weighted by molar-refractivity contribution is 7.78. The predicted octanol–water partition coefficient (Wildman–Crippen LogP) is 5.89. The third-order valence-corrected chi connectivity index (χ3v) is 7.32. The molecular formula is C18H14ClN3OS3Si. The normalized spacial score (nSPS) is 12.0. The van der Waals surface area contributed by atoms with Crippen molar-refractivity contribution in [1.82, 2.24) is 0 Å². The summed E-state index contributed by atoms with van der Waals surface area (Å²) in [7, 11) is -2.92. The molecule has 0 amide bonds. The number of aryl methyl sites for hydroxylation is 1. The lowest BCUT2D eigenvalue weighted by Crippen LogP contribution is -2.27. The number of rotatable bonds is 8. The first kappa shape index (κ1) is 21.4. The Morgan fingerprint density at radius 3 is 2.07 bits per heavy atom. The molecule has 0 saturated heterocycles. The second-order valence-electron chi connectivity index (χ2n) is 5.59. The van der Waals surface area contributed by atoms with Crippen LogP contribution in [-0.4, -0.2) is 29.1 Å². The number of aromatic hydroxyl groups is 1. The Hall–Kier alpha value is -1.85. The van der Waals surface area contributed by atoms with Gasteiger partial charge < -0.3 is 5.11 Å². The summed E-state index contributed by atoms with van der Waals surface area (Å²) < 4.78 is 12.4. The summed E-state index contributed by atoms with van der Waals surface area (Å²) in [6.07, 6.45) is 1.37. The third-order valence-electron chi connectivity index (χ3n) is 3.88. The van der Waals surface area contributed by atoms with E-state index in [1.165, 1.54) is 0 Å². The van der Waals surface area contributed by atoms with E-state index >= 15 is 0 Å². The van der Waals surface area contributed by atoms with Crippen LogP contribution in [0.4, 0.5) is 0 Å². The fourth-order valence-corrected chi connectivity index (χ4v) is 5.69. The molecule has 27 heavy (non-hydrogen) atoms. The Labute approximate surface area is 179 Å². The minimum Gasteiger partial charge on any atom is -0.508 e. The molecular weight excluding hydrogens is 434 g/mol. The maximum Gasteiger partial charge on any atom is 0.461 e. The standard InChI is InChI=1S/C18H14ClN3OS3Si/c19-16-5-3-14(4-6-16)18-8-7-17(23)10-15(18)2-1-9-27(20-11-24,21-12-25)22-13-26/h3-8,10,23H,1-2,9H2. The van der Waals surface area contributed by atoms with E-state index in [0.29, 0.717) is 23.9 Å². The van der Waals surface area contributed by atoms with Crippen LogP contribution in [-0.2, 0) is 6.42 Å². The molecule has 0 aromatic heterocycles. The molecule has 2 aromatic carbocycles. The number of phenols is 1. The van der Waals surface area contributed by atoms with E-state index in [9.17, 15) is 5.11 Å². The van der Waals surface area contributed by atoms with Crippen LogP contribution in [0.5, 0.6) is 5.75 Å². The van der Waals surface area contributed by atoms with Crippen molar-refractivity contribution in [2.45, 2.75) is 18.9 Å². The van der Waals surface area contributed by atoms with Gasteiger partial charge in [-0.25, -0.2) is 14.0 Å². The van der Waals surface area contributed by atoms with Gasteiger partial charge in [-0.15, -0.1) is 0 Å². The van der Waals surface area contributed by atoms with Crippen molar-refractivity contribution in [3.05, 3.63) is 53.1 Å². The summed E-state index contributed by atoms with van der Waals surface area (Å²) in [4.78, 5) is 0. The van der Waals surface area contributed by atoms with Crippen molar-refractivity contribution < 1.29 is 5.11 Å². The summed E-state index contributed by atoms with van der Waals surface area (Å²) in [5, 5.41) is 17.6. The van der Waals surface area contributed by atoms with Gasteiger partial charge in [0.25, 0.3) is 0 Å². The Kier molecular flexibility index (Phi) is 8.32. The summed E-state index contributed by atoms with van der Waals surface area (Å²) in [6, 6.07) is 13.4. The highest BCUT2D eigenvalue weighted by Crippen LogP contribution is 2.30. The summed E-state index contributed by atoms with van der Waals surface area (Å²) in [5.41, 5.74) is 3.03. The Morgan fingerprint density at radius 2 is 1.52 bits per heavy atom. The van der Waals surface area contributed by atoms with Gasteiger partial charge in [0.2, 0.25) is 0 Å². The molecule has 0 fully saturated rings. The monoisotopic (exact) mass is 447 g/mol. The smallest absolute Gasteiger partial charge is 0.461 e. The van der Waals surface area contributed by atoms with Crippen molar-refractivity contribution in [3.8, 4) is 16.9 Å². The zero-order valence-electron chi connectivity index (χ0n) is 14.1. The topological polar surface area (TPSA) is 57.3 Å². The Morgan fingerprint density at radius 1 is 0.926 bits per heavy atom. The van der Waals surface area contributed by atoms with Gasteiger partial charge in [0.05, 0.1) is 15.5 Å². The molecule has 0 heterocycles. The molecule has 2 aromatic rings. The first-order valence-electron chi connectivity index (χ1n) is 7.88. The number of hydrogen-bond donors (Lipinski definition) is 1. The number of halogens is 1. The second-order valence-corrected chi connectivity index (χ2v) is 9.29. The molecule has 136 valence electrons. The van der Waals surface area contributed by atoms with Crippen molar-refractivity contribution in [3.63, 3.8) is 0 Å². The number of nitrogens with zero attached hydrogens (tertiary/aromatic N) is 3. The van der Waals surface area contributed by atoms with E-state index in [-0.39, 0.29) is 5.75 Å². The molecule has 4 nitrogen and oxygen atoms in total. The maximum atomic E-state index is 9.90. The molecule has 0 saturated carbocycles. The average molecular weight is 448 g/mol. The van der Waals surface area contributed by atoms with Crippen LogP contribution in [0, 0.1) is 0 Å². The van der Waals surface area contributed by atoms with E-state index in [4.69, 9.17) is 48.3 Å². The number of phenolic OH excluding ortho intramolecular Hbond substituents is 1. The van der Waals surface area contributed by atoms with Gasteiger partial charge in [0, 0.05) is 11.1 Å². The van der Waals surface area contributed by atoms with Crippen LogP contribution < -0.4 is 0 Å². The van der Waals surface area contributed by atoms with Crippen LogP contribution in [0.25, 0.3) is 11.1 Å². The number of benzene rings is 2. The molecule has 2 rings (SSSR count). The molecule has 1 N–H and O–H groups in total. The maximum absolute atomic E-state index is 9.90. The van der Waals surface area contributed by atoms with E-state index in [2.05, 4.69) is 29.5 Å². The van der Waals surface area contributed by atoms with Gasteiger partial charge in [-0.1, -0.05) is 29.8 Å². The third kappa shape index (κ3) is 6.08. The Balaban J connectivity index is 2.28. The molecule has 0 unspecified atom stereocenters. The molecule has 9 heteroatoms. The number of isothiocyanates is 3. The highest BCUT2D eigenvalue weighted by Gasteiger charge is 2.33. The predicted molar refractivity (Wildman–Crippen MR) is 123 cm³/mol. The van der Waals surface area contributed by atoms with Crippen molar-refractivity contribution >= 4 is 72.3 Å². The molecule has 0 aliphatic rings. The van der Waals surface area contributed by atoms with E-state index < -0.39 is 8.56 Å². The zero-order valence-corrected chi connectivity index (χ0v) is 18.3. The summed E-state index contributed by atoms with van der Waals surface area (Å²) >= 11 is 20.1. The van der Waals surface area contributed by atoms with Gasteiger partial charge in [-0.05, 0) is 90.5 Å². The van der Waals surface area contributed by atoms with Crippen LogP contribution in [0.3, 0.4) is 0 Å². The second kappa shape index (κ2) is 10.5. The van der Waals surface area contributed by atoms with Crippen LogP contribution >= 0.6 is 48.3 Å². The molecule has 0 spiro atoms. The zero-order chi connectivity index (χ0) is 19.7. The van der Waals surface area contributed by atoms with Crippen molar-refractivity contribution in [1.29, 1.82) is 0 Å². The van der Waals surface area contributed by atoms with E-state index in [0.717, 1.165) is 16.7 Å². The fraction of sp³-hybridized carbons (Fsp3) is 0.167. The van der Waals surface area contributed by atoms with Gasteiger partial charge in [0.15, 0.2) is 0 Å². The summed E-state index contributed by atoms with van der Waals surface area (Å²) in [5.74, 6) is 0.206. The average Bonchev–Trinajstić information content (AvgIpc) is 2.63. The van der Waals surface area contributed by atoms with Crippen LogP contribution in [0.15, 0.2) is 56.4 Å². The lowest BCUT2D eigenvalue weighted by Gasteiger charge is -2.14. The highest BCUT2D eigenvalue weighted by atomic mass is 35.5. The van der Waals surface area contributed by atoms with Gasteiger partial charge in [0.1, 0.15) is 5.75 Å². The molecule has 0 radical (unpaired) electrons. The quantitative estimate of drug-likeness (QED) is 0.311. The van der Waals surface area contributed by atoms with Gasteiger partial charge in [-0.3, -0.25) is 0 Å². The molecule has 0 atom stereocenters. The van der Waals surface area contributed by atoms with E-state index in [1.807, 2.05) is 30.3 Å². The first-order chi connectivity index (χ1) is 13.0.